The number of hydrogen-bond donors (Lipinski definition) is 1. The molecule has 0 radical (unpaired) electrons. The van der Waals surface area contributed by atoms with Gasteiger partial charge in [-0.25, -0.2) is 4.98 Å². The van der Waals surface area contributed by atoms with Gasteiger partial charge in [0.25, 0.3) is 0 Å². The van der Waals surface area contributed by atoms with E-state index in [1.165, 1.54) is 16.8 Å². The van der Waals surface area contributed by atoms with E-state index >= 15 is 0 Å². The standard InChI is InChI=1S/C16H23N3O/c1-13-6-4-5-7-15(13)12-19-14(2)18-11-16(19)10-17-8-9-20-3/h4-7,11,17H,8-10,12H2,1-3H3. The molecule has 0 fully saturated rings. The van der Waals surface area contributed by atoms with Crippen LogP contribution in [0.25, 0.3) is 0 Å². The van der Waals surface area contributed by atoms with E-state index in [2.05, 4.69) is 53.0 Å². The first-order valence-corrected chi connectivity index (χ1v) is 6.97. The zero-order valence-corrected chi connectivity index (χ0v) is 12.5. The summed E-state index contributed by atoms with van der Waals surface area (Å²) in [5.41, 5.74) is 3.87. The van der Waals surface area contributed by atoms with Crippen molar-refractivity contribution in [2.45, 2.75) is 26.9 Å². The molecule has 0 unspecified atom stereocenters. The third kappa shape index (κ3) is 3.68. The Bertz CT molecular complexity index is 548. The Kier molecular flexibility index (Phi) is 5.32. The zero-order chi connectivity index (χ0) is 14.4. The fraction of sp³-hybridized carbons (Fsp3) is 0.438. The van der Waals surface area contributed by atoms with Gasteiger partial charge in [-0.2, -0.15) is 0 Å². The summed E-state index contributed by atoms with van der Waals surface area (Å²) in [6, 6.07) is 8.49. The fourth-order valence-electron chi connectivity index (χ4n) is 2.22. The van der Waals surface area contributed by atoms with Crippen LogP contribution in [-0.4, -0.2) is 29.8 Å². The second kappa shape index (κ2) is 7.22. The third-order valence-electron chi connectivity index (χ3n) is 3.52. The quantitative estimate of drug-likeness (QED) is 0.787. The number of aryl methyl sites for hydroxylation is 2. The minimum Gasteiger partial charge on any atom is -0.383 e. The molecule has 20 heavy (non-hydrogen) atoms. The van der Waals surface area contributed by atoms with Gasteiger partial charge in [0.05, 0.1) is 12.3 Å². The number of hydrogen-bond acceptors (Lipinski definition) is 3. The fourth-order valence-corrected chi connectivity index (χ4v) is 2.22. The van der Waals surface area contributed by atoms with Crippen molar-refractivity contribution in [1.82, 2.24) is 14.9 Å². The zero-order valence-electron chi connectivity index (χ0n) is 12.5. The molecule has 4 heteroatoms. The van der Waals surface area contributed by atoms with Crippen LogP contribution >= 0.6 is 0 Å². The van der Waals surface area contributed by atoms with Crippen LogP contribution in [0.3, 0.4) is 0 Å². The highest BCUT2D eigenvalue weighted by Gasteiger charge is 2.08. The summed E-state index contributed by atoms with van der Waals surface area (Å²) in [5.74, 6) is 1.05. The molecule has 4 nitrogen and oxygen atoms in total. The second-order valence-electron chi connectivity index (χ2n) is 4.98. The molecule has 0 spiro atoms. The summed E-state index contributed by atoms with van der Waals surface area (Å²) in [6.07, 6.45) is 1.95. The molecule has 0 aliphatic rings. The van der Waals surface area contributed by atoms with E-state index in [1.807, 2.05) is 6.20 Å². The maximum atomic E-state index is 5.04. The number of imidazole rings is 1. The lowest BCUT2D eigenvalue weighted by Gasteiger charge is -2.13. The van der Waals surface area contributed by atoms with Gasteiger partial charge in [-0.15, -0.1) is 0 Å². The smallest absolute Gasteiger partial charge is 0.106 e. The molecule has 2 rings (SSSR count). The van der Waals surface area contributed by atoms with Gasteiger partial charge in [0.2, 0.25) is 0 Å². The first kappa shape index (κ1) is 14.8. The number of rotatable bonds is 7. The van der Waals surface area contributed by atoms with Crippen molar-refractivity contribution in [1.29, 1.82) is 0 Å². The summed E-state index contributed by atoms with van der Waals surface area (Å²) in [4.78, 5) is 4.43. The van der Waals surface area contributed by atoms with Crippen molar-refractivity contribution in [3.05, 3.63) is 53.1 Å². The maximum absolute atomic E-state index is 5.04. The van der Waals surface area contributed by atoms with E-state index in [0.29, 0.717) is 0 Å². The Morgan fingerprint density at radius 1 is 1.25 bits per heavy atom. The molecule has 0 saturated heterocycles. The molecule has 2 aromatic rings. The van der Waals surface area contributed by atoms with Crippen LogP contribution < -0.4 is 5.32 Å². The summed E-state index contributed by atoms with van der Waals surface area (Å²) in [7, 11) is 1.72. The van der Waals surface area contributed by atoms with Crippen molar-refractivity contribution < 1.29 is 4.74 Å². The van der Waals surface area contributed by atoms with Gasteiger partial charge >= 0.3 is 0 Å². The van der Waals surface area contributed by atoms with Gasteiger partial charge < -0.3 is 14.6 Å². The van der Waals surface area contributed by atoms with E-state index < -0.39 is 0 Å². The van der Waals surface area contributed by atoms with E-state index in [-0.39, 0.29) is 0 Å². The van der Waals surface area contributed by atoms with Crippen LogP contribution in [-0.2, 0) is 17.8 Å². The lowest BCUT2D eigenvalue weighted by molar-refractivity contribution is 0.199. The van der Waals surface area contributed by atoms with Crippen LogP contribution in [0.5, 0.6) is 0 Å². The van der Waals surface area contributed by atoms with Gasteiger partial charge in [0.1, 0.15) is 5.82 Å². The Morgan fingerprint density at radius 2 is 2.05 bits per heavy atom. The molecule has 1 heterocycles. The summed E-state index contributed by atoms with van der Waals surface area (Å²) >= 11 is 0. The second-order valence-corrected chi connectivity index (χ2v) is 4.98. The van der Waals surface area contributed by atoms with Crippen LogP contribution in [0, 0.1) is 13.8 Å². The van der Waals surface area contributed by atoms with Crippen LogP contribution in [0.2, 0.25) is 0 Å². The van der Waals surface area contributed by atoms with Crippen molar-refractivity contribution in [3.8, 4) is 0 Å². The van der Waals surface area contributed by atoms with Gasteiger partial charge in [0, 0.05) is 32.9 Å². The predicted molar refractivity (Wildman–Crippen MR) is 80.8 cm³/mol. The summed E-state index contributed by atoms with van der Waals surface area (Å²) in [5, 5.41) is 3.37. The Balaban J connectivity index is 2.07. The molecule has 1 aromatic carbocycles. The summed E-state index contributed by atoms with van der Waals surface area (Å²) < 4.78 is 7.31. The Morgan fingerprint density at radius 3 is 2.80 bits per heavy atom. The topological polar surface area (TPSA) is 39.1 Å². The first-order chi connectivity index (χ1) is 9.72. The Labute approximate surface area is 120 Å². The maximum Gasteiger partial charge on any atom is 0.106 e. The molecule has 0 aliphatic carbocycles. The molecule has 0 aliphatic heterocycles. The van der Waals surface area contributed by atoms with Gasteiger partial charge in [0.15, 0.2) is 0 Å². The van der Waals surface area contributed by atoms with Gasteiger partial charge in [-0.3, -0.25) is 0 Å². The highest BCUT2D eigenvalue weighted by atomic mass is 16.5. The van der Waals surface area contributed by atoms with E-state index in [0.717, 1.165) is 32.1 Å². The number of nitrogens with zero attached hydrogens (tertiary/aromatic N) is 2. The molecule has 108 valence electrons. The molecular weight excluding hydrogens is 250 g/mol. The third-order valence-corrected chi connectivity index (χ3v) is 3.52. The van der Waals surface area contributed by atoms with Crippen molar-refractivity contribution in [2.24, 2.45) is 0 Å². The van der Waals surface area contributed by atoms with Crippen LogP contribution in [0.15, 0.2) is 30.5 Å². The predicted octanol–water partition coefficient (Wildman–Crippen LogP) is 2.28. The molecule has 0 amide bonds. The average Bonchev–Trinajstić information content (AvgIpc) is 2.79. The SMILES string of the molecule is COCCNCc1cnc(C)n1Cc1ccccc1C. The summed E-state index contributed by atoms with van der Waals surface area (Å²) in [6.45, 7) is 7.47. The average molecular weight is 273 g/mol. The number of aromatic nitrogens is 2. The molecule has 0 atom stereocenters. The number of benzene rings is 1. The van der Waals surface area contributed by atoms with E-state index in [1.54, 1.807) is 7.11 Å². The number of methoxy groups -OCH3 is 1. The monoisotopic (exact) mass is 273 g/mol. The minimum atomic E-state index is 0.727. The largest absolute Gasteiger partial charge is 0.383 e. The number of nitrogens with one attached hydrogen (secondary N) is 1. The molecule has 1 aromatic heterocycles. The lowest BCUT2D eigenvalue weighted by Crippen LogP contribution is -2.21. The highest BCUT2D eigenvalue weighted by Crippen LogP contribution is 2.13. The van der Waals surface area contributed by atoms with Crippen molar-refractivity contribution in [2.75, 3.05) is 20.3 Å². The van der Waals surface area contributed by atoms with Crippen LogP contribution in [0.4, 0.5) is 0 Å². The van der Waals surface area contributed by atoms with Crippen molar-refractivity contribution in [3.63, 3.8) is 0 Å². The van der Waals surface area contributed by atoms with Crippen LogP contribution in [0.1, 0.15) is 22.6 Å². The molecular formula is C16H23N3O. The molecule has 0 saturated carbocycles. The number of ether oxygens (including phenoxy) is 1. The lowest BCUT2D eigenvalue weighted by atomic mass is 10.1. The highest BCUT2D eigenvalue weighted by molar-refractivity contribution is 5.26. The van der Waals surface area contributed by atoms with Gasteiger partial charge in [-0.05, 0) is 25.0 Å². The Hall–Kier alpha value is -1.65. The normalized spacial score (nSPS) is 10.9. The van der Waals surface area contributed by atoms with Gasteiger partial charge in [-0.1, -0.05) is 24.3 Å². The van der Waals surface area contributed by atoms with E-state index in [4.69, 9.17) is 4.74 Å². The van der Waals surface area contributed by atoms with Crippen molar-refractivity contribution >= 4 is 0 Å². The van der Waals surface area contributed by atoms with E-state index in [9.17, 15) is 0 Å². The minimum absolute atomic E-state index is 0.727. The first-order valence-electron chi connectivity index (χ1n) is 6.97. The molecule has 0 bridgehead atoms. The molecule has 1 N–H and O–H groups in total.